The van der Waals surface area contributed by atoms with Crippen LogP contribution in [0.4, 0.5) is 5.69 Å². The number of rotatable bonds is 3. The molecule has 1 atom stereocenters. The number of anilines is 1. The van der Waals surface area contributed by atoms with Crippen LogP contribution in [0.1, 0.15) is 15.2 Å². The molecule has 1 N–H and O–H groups in total. The third-order valence-corrected chi connectivity index (χ3v) is 3.24. The van der Waals surface area contributed by atoms with Gasteiger partial charge in [0.25, 0.3) is 0 Å². The summed E-state index contributed by atoms with van der Waals surface area (Å²) in [6.45, 7) is 1.83. The molecule has 90 valence electrons. The molecule has 1 heterocycles. The lowest BCUT2D eigenvalue weighted by Gasteiger charge is -2.05. The van der Waals surface area contributed by atoms with Crippen LogP contribution in [-0.2, 0) is 9.53 Å². The van der Waals surface area contributed by atoms with Crippen LogP contribution in [0.15, 0.2) is 5.38 Å². The molecule has 0 aromatic carbocycles. The highest BCUT2D eigenvalue weighted by Crippen LogP contribution is 2.28. The summed E-state index contributed by atoms with van der Waals surface area (Å²) < 4.78 is 4.62. The Balaban J connectivity index is 0.00000225. The Morgan fingerprint density at radius 1 is 1.56 bits per heavy atom. The van der Waals surface area contributed by atoms with Crippen LogP contribution in [0, 0.1) is 6.92 Å². The predicted molar refractivity (Wildman–Crippen MR) is 73.9 cm³/mol. The maximum Gasteiger partial charge on any atom is 0.350 e. The lowest BCUT2D eigenvalue weighted by atomic mass is 10.2. The molecule has 0 aliphatic carbocycles. The molecule has 0 aliphatic rings. The molecule has 0 spiro atoms. The van der Waals surface area contributed by atoms with Crippen molar-refractivity contribution in [3.63, 3.8) is 0 Å². The summed E-state index contributed by atoms with van der Waals surface area (Å²) in [5.41, 5.74) is 1.42. The van der Waals surface area contributed by atoms with Gasteiger partial charge < -0.3 is 10.1 Å². The molecule has 0 bridgehead atoms. The first kappa shape index (κ1) is 15.6. The molecule has 0 fully saturated rings. The van der Waals surface area contributed by atoms with Crippen LogP contribution in [0.5, 0.6) is 0 Å². The molecule has 0 saturated carbocycles. The molecule has 0 aliphatic heterocycles. The highest BCUT2D eigenvalue weighted by molar-refractivity contribution is 8.93. The fraction of sp³-hybridized carbons (Fsp3) is 0.333. The maximum absolute atomic E-state index is 11.3. The predicted octanol–water partition coefficient (Wildman–Crippen LogP) is 2.23. The Labute approximate surface area is 111 Å². The van der Waals surface area contributed by atoms with Crippen molar-refractivity contribution in [2.45, 2.75) is 6.92 Å². The van der Waals surface area contributed by atoms with Gasteiger partial charge in [0, 0.05) is 6.16 Å². The average Bonchev–Trinajstić information content (AvgIpc) is 2.59. The van der Waals surface area contributed by atoms with E-state index >= 15 is 0 Å². The minimum Gasteiger partial charge on any atom is -0.465 e. The van der Waals surface area contributed by atoms with Gasteiger partial charge in [0.05, 0.1) is 12.8 Å². The van der Waals surface area contributed by atoms with Crippen molar-refractivity contribution in [2.75, 3.05) is 18.6 Å². The summed E-state index contributed by atoms with van der Waals surface area (Å²) in [6, 6.07) is 0. The van der Waals surface area contributed by atoms with Crippen molar-refractivity contribution >= 4 is 55.1 Å². The third kappa shape index (κ3) is 3.54. The summed E-state index contributed by atoms with van der Waals surface area (Å²) in [6.07, 6.45) is 0.301. The Hall–Kier alpha value is -0.450. The Morgan fingerprint density at radius 2 is 2.19 bits per heavy atom. The van der Waals surface area contributed by atoms with E-state index in [2.05, 4.69) is 19.3 Å². The first-order valence-electron chi connectivity index (χ1n) is 4.26. The van der Waals surface area contributed by atoms with Crippen LogP contribution >= 0.6 is 37.6 Å². The van der Waals surface area contributed by atoms with E-state index in [1.54, 1.807) is 0 Å². The molecule has 4 nitrogen and oxygen atoms in total. The molecule has 7 heteroatoms. The van der Waals surface area contributed by atoms with Crippen molar-refractivity contribution in [3.05, 3.63) is 15.8 Å². The number of thiophene rings is 1. The molecular formula is C9H13BrNO3PS. The van der Waals surface area contributed by atoms with Crippen LogP contribution < -0.4 is 5.32 Å². The zero-order chi connectivity index (χ0) is 11.4. The van der Waals surface area contributed by atoms with E-state index in [4.69, 9.17) is 0 Å². The lowest BCUT2D eigenvalue weighted by Crippen LogP contribution is -2.15. The van der Waals surface area contributed by atoms with Crippen LogP contribution in [0.2, 0.25) is 0 Å². The highest BCUT2D eigenvalue weighted by Gasteiger charge is 2.17. The SMILES string of the molecule is Br.COC(=O)c1scc(C)c1NC(=O)CP. The number of hydrogen-bond acceptors (Lipinski definition) is 4. The minimum atomic E-state index is -0.424. The number of hydrogen-bond donors (Lipinski definition) is 1. The highest BCUT2D eigenvalue weighted by atomic mass is 79.9. The first-order valence-corrected chi connectivity index (χ1v) is 5.96. The van der Waals surface area contributed by atoms with Crippen molar-refractivity contribution in [1.29, 1.82) is 0 Å². The molecule has 1 aromatic rings. The van der Waals surface area contributed by atoms with Gasteiger partial charge in [-0.1, -0.05) is 0 Å². The van der Waals surface area contributed by atoms with Gasteiger partial charge in [0.15, 0.2) is 0 Å². The normalized spacial score (nSPS) is 9.19. The second kappa shape index (κ2) is 6.99. The quantitative estimate of drug-likeness (QED) is 0.685. The van der Waals surface area contributed by atoms with E-state index in [-0.39, 0.29) is 22.9 Å². The van der Waals surface area contributed by atoms with Gasteiger partial charge in [0.1, 0.15) is 4.88 Å². The Morgan fingerprint density at radius 3 is 2.69 bits per heavy atom. The number of ether oxygens (including phenoxy) is 1. The van der Waals surface area contributed by atoms with Gasteiger partial charge in [-0.05, 0) is 17.9 Å². The average molecular weight is 326 g/mol. The number of esters is 1. The number of halogens is 1. The van der Waals surface area contributed by atoms with Crippen molar-refractivity contribution in [1.82, 2.24) is 0 Å². The molecule has 16 heavy (non-hydrogen) atoms. The smallest absolute Gasteiger partial charge is 0.350 e. The number of carbonyl (C=O) groups is 2. The third-order valence-electron chi connectivity index (χ3n) is 1.80. The molecular weight excluding hydrogens is 313 g/mol. The summed E-state index contributed by atoms with van der Waals surface area (Å²) in [5.74, 6) is -0.571. The van der Waals surface area contributed by atoms with Crippen molar-refractivity contribution < 1.29 is 14.3 Å². The second-order valence-electron chi connectivity index (χ2n) is 2.87. The zero-order valence-electron chi connectivity index (χ0n) is 8.90. The number of aryl methyl sites for hydroxylation is 1. The standard InChI is InChI=1S/C9H12NO3PS.BrH/c1-5-4-15-8(9(12)13-2)7(5)10-6(11)3-14;/h4H,3,14H2,1-2H3,(H,10,11);1H. The van der Waals surface area contributed by atoms with E-state index in [1.165, 1.54) is 18.4 Å². The minimum absolute atomic E-state index is 0. The summed E-state index contributed by atoms with van der Waals surface area (Å²) in [7, 11) is 3.65. The number of carbonyl (C=O) groups excluding carboxylic acids is 2. The maximum atomic E-state index is 11.3. The second-order valence-corrected chi connectivity index (χ2v) is 4.15. The zero-order valence-corrected chi connectivity index (χ0v) is 12.6. The van der Waals surface area contributed by atoms with E-state index in [0.29, 0.717) is 16.7 Å². The molecule has 1 aromatic heterocycles. The number of nitrogens with one attached hydrogen (secondary N) is 1. The van der Waals surface area contributed by atoms with Crippen molar-refractivity contribution in [2.24, 2.45) is 0 Å². The van der Waals surface area contributed by atoms with Crippen LogP contribution in [-0.4, -0.2) is 25.1 Å². The van der Waals surface area contributed by atoms with Crippen LogP contribution in [0.3, 0.4) is 0 Å². The molecule has 0 radical (unpaired) electrons. The van der Waals surface area contributed by atoms with E-state index in [9.17, 15) is 9.59 Å². The van der Waals surface area contributed by atoms with Gasteiger partial charge in [-0.2, -0.15) is 0 Å². The van der Waals surface area contributed by atoms with Gasteiger partial charge in [0.2, 0.25) is 5.91 Å². The first-order chi connectivity index (χ1) is 7.10. The van der Waals surface area contributed by atoms with E-state index in [0.717, 1.165) is 5.56 Å². The largest absolute Gasteiger partial charge is 0.465 e. The molecule has 1 unspecified atom stereocenters. The summed E-state index contributed by atoms with van der Waals surface area (Å²) in [4.78, 5) is 23.0. The van der Waals surface area contributed by atoms with Gasteiger partial charge in [-0.15, -0.1) is 37.6 Å². The van der Waals surface area contributed by atoms with Gasteiger partial charge in [-0.3, -0.25) is 4.79 Å². The number of amides is 1. The topological polar surface area (TPSA) is 55.4 Å². The van der Waals surface area contributed by atoms with E-state index in [1.807, 2.05) is 12.3 Å². The van der Waals surface area contributed by atoms with E-state index < -0.39 is 5.97 Å². The van der Waals surface area contributed by atoms with Gasteiger partial charge in [-0.25, -0.2) is 4.79 Å². The molecule has 1 amide bonds. The Bertz CT molecular complexity index is 394. The van der Waals surface area contributed by atoms with Crippen LogP contribution in [0.25, 0.3) is 0 Å². The summed E-state index contributed by atoms with van der Waals surface area (Å²) >= 11 is 1.27. The Kier molecular flexibility index (Phi) is 6.79. The molecule has 1 rings (SSSR count). The fourth-order valence-corrected chi connectivity index (χ4v) is 2.06. The fourth-order valence-electron chi connectivity index (χ4n) is 1.03. The monoisotopic (exact) mass is 325 g/mol. The lowest BCUT2D eigenvalue weighted by molar-refractivity contribution is -0.113. The van der Waals surface area contributed by atoms with Crippen molar-refractivity contribution in [3.8, 4) is 0 Å². The summed E-state index contributed by atoms with van der Waals surface area (Å²) in [5, 5.41) is 4.48. The number of methoxy groups -OCH3 is 1. The van der Waals surface area contributed by atoms with Gasteiger partial charge >= 0.3 is 5.97 Å². The molecule has 0 saturated heterocycles.